The fourth-order valence-electron chi connectivity index (χ4n) is 3.13. The van der Waals surface area contributed by atoms with Crippen molar-refractivity contribution in [1.82, 2.24) is 9.88 Å². The van der Waals surface area contributed by atoms with Crippen LogP contribution in [0.5, 0.6) is 0 Å². The number of benzene rings is 2. The van der Waals surface area contributed by atoms with E-state index in [2.05, 4.69) is 5.32 Å². The first-order valence-electron chi connectivity index (χ1n) is 8.17. The molecule has 1 aliphatic rings. The zero-order valence-electron chi connectivity index (χ0n) is 14.3. The molecule has 1 saturated heterocycles. The molecule has 27 heavy (non-hydrogen) atoms. The van der Waals surface area contributed by atoms with E-state index in [0.29, 0.717) is 10.7 Å². The highest BCUT2D eigenvalue weighted by Crippen LogP contribution is 2.26. The normalized spacial score (nSPS) is 16.3. The number of nitrogens with zero attached hydrogens (tertiary/aromatic N) is 2. The first kappa shape index (κ1) is 17.1. The Morgan fingerprint density at radius 1 is 1.00 bits per heavy atom. The number of fused-ring (bicyclic) bond motifs is 1. The van der Waals surface area contributed by atoms with Crippen LogP contribution in [0.25, 0.3) is 17.0 Å². The molecule has 4 amide bonds. The second-order valence-electron chi connectivity index (χ2n) is 6.15. The smallest absolute Gasteiger partial charge is 0.335 e. The van der Waals surface area contributed by atoms with Gasteiger partial charge >= 0.3 is 6.03 Å². The van der Waals surface area contributed by atoms with Gasteiger partial charge in [-0.15, -0.1) is 0 Å². The van der Waals surface area contributed by atoms with Crippen LogP contribution >= 0.6 is 11.6 Å². The Morgan fingerprint density at radius 3 is 2.44 bits per heavy atom. The Kier molecular flexibility index (Phi) is 4.05. The molecule has 2 heterocycles. The molecule has 0 radical (unpaired) electrons. The molecule has 7 heteroatoms. The summed E-state index contributed by atoms with van der Waals surface area (Å²) >= 11 is 5.87. The highest BCUT2D eigenvalue weighted by Gasteiger charge is 2.36. The SMILES string of the molecule is Cn1cc(/C=C2/C(=O)NC(=O)N(c3ccc(Cl)cc3)C2=O)c2ccccc21. The van der Waals surface area contributed by atoms with Crippen LogP contribution in [-0.2, 0) is 16.6 Å². The Bertz CT molecular complexity index is 1130. The summed E-state index contributed by atoms with van der Waals surface area (Å²) in [6, 6.07) is 13.1. The molecule has 3 aromatic rings. The summed E-state index contributed by atoms with van der Waals surface area (Å²) in [5.41, 5.74) is 1.91. The Hall–Kier alpha value is -3.38. The number of para-hydroxylation sites is 1. The van der Waals surface area contributed by atoms with Gasteiger partial charge in [-0.25, -0.2) is 9.69 Å². The number of hydrogen-bond donors (Lipinski definition) is 1. The standard InChI is InChI=1S/C20H14ClN3O3/c1-23-11-12(15-4-2-3-5-17(15)23)10-16-18(25)22-20(27)24(19(16)26)14-8-6-13(21)7-9-14/h2-11H,1H3,(H,22,25,27)/b16-10-. The van der Waals surface area contributed by atoms with Gasteiger partial charge in [-0.2, -0.15) is 0 Å². The lowest BCUT2D eigenvalue weighted by atomic mass is 10.1. The second-order valence-corrected chi connectivity index (χ2v) is 6.58. The molecule has 1 fully saturated rings. The minimum absolute atomic E-state index is 0.110. The molecule has 0 spiro atoms. The molecule has 0 unspecified atom stereocenters. The van der Waals surface area contributed by atoms with Crippen LogP contribution in [0.1, 0.15) is 5.56 Å². The topological polar surface area (TPSA) is 71.4 Å². The number of carbonyl (C=O) groups is 3. The van der Waals surface area contributed by atoms with Crippen molar-refractivity contribution in [2.75, 3.05) is 4.90 Å². The first-order valence-corrected chi connectivity index (χ1v) is 8.54. The van der Waals surface area contributed by atoms with Gasteiger partial charge in [0.25, 0.3) is 11.8 Å². The third-order valence-electron chi connectivity index (χ3n) is 4.41. The Balaban J connectivity index is 1.80. The minimum atomic E-state index is -0.789. The van der Waals surface area contributed by atoms with E-state index in [1.165, 1.54) is 6.08 Å². The number of nitrogens with one attached hydrogen (secondary N) is 1. The van der Waals surface area contributed by atoms with E-state index in [1.54, 1.807) is 24.3 Å². The molecule has 1 N–H and O–H groups in total. The molecular formula is C20H14ClN3O3. The van der Waals surface area contributed by atoms with E-state index in [9.17, 15) is 14.4 Å². The van der Waals surface area contributed by atoms with Gasteiger partial charge < -0.3 is 4.57 Å². The van der Waals surface area contributed by atoms with E-state index in [4.69, 9.17) is 11.6 Å². The van der Waals surface area contributed by atoms with E-state index in [1.807, 2.05) is 42.1 Å². The summed E-state index contributed by atoms with van der Waals surface area (Å²) in [4.78, 5) is 38.4. The van der Waals surface area contributed by atoms with Crippen LogP contribution in [0.15, 0.2) is 60.3 Å². The molecule has 0 saturated carbocycles. The number of imide groups is 2. The maximum atomic E-state index is 12.9. The van der Waals surface area contributed by atoms with Gasteiger partial charge in [0.1, 0.15) is 5.57 Å². The quantitative estimate of drug-likeness (QED) is 0.547. The Morgan fingerprint density at radius 2 is 1.70 bits per heavy atom. The number of carbonyl (C=O) groups excluding carboxylic acids is 3. The first-order chi connectivity index (χ1) is 13.0. The lowest BCUT2D eigenvalue weighted by molar-refractivity contribution is -0.122. The lowest BCUT2D eigenvalue weighted by Crippen LogP contribution is -2.54. The van der Waals surface area contributed by atoms with Crippen LogP contribution in [-0.4, -0.2) is 22.4 Å². The number of aromatic nitrogens is 1. The van der Waals surface area contributed by atoms with Crippen molar-refractivity contribution < 1.29 is 14.4 Å². The molecule has 2 aromatic carbocycles. The second kappa shape index (κ2) is 6.41. The molecule has 0 atom stereocenters. The summed E-state index contributed by atoms with van der Waals surface area (Å²) in [5, 5.41) is 3.60. The molecule has 6 nitrogen and oxygen atoms in total. The van der Waals surface area contributed by atoms with Gasteiger partial charge in [-0.1, -0.05) is 29.8 Å². The largest absolute Gasteiger partial charge is 0.350 e. The van der Waals surface area contributed by atoms with Crippen molar-refractivity contribution >= 4 is 52.1 Å². The van der Waals surface area contributed by atoms with E-state index in [0.717, 1.165) is 21.4 Å². The third-order valence-corrected chi connectivity index (χ3v) is 4.67. The maximum absolute atomic E-state index is 12.9. The highest BCUT2D eigenvalue weighted by atomic mass is 35.5. The number of aryl methyl sites for hydroxylation is 1. The summed E-state index contributed by atoms with van der Waals surface area (Å²) in [6.07, 6.45) is 3.34. The number of halogens is 1. The highest BCUT2D eigenvalue weighted by molar-refractivity contribution is 6.39. The van der Waals surface area contributed by atoms with Crippen molar-refractivity contribution in [2.24, 2.45) is 7.05 Å². The van der Waals surface area contributed by atoms with Crippen molar-refractivity contribution in [3.05, 3.63) is 70.9 Å². The zero-order chi connectivity index (χ0) is 19.1. The molecule has 134 valence electrons. The summed E-state index contributed by atoms with van der Waals surface area (Å²) in [5.74, 6) is -1.40. The number of rotatable bonds is 2. The molecule has 0 bridgehead atoms. The number of barbiturate groups is 1. The van der Waals surface area contributed by atoms with E-state index in [-0.39, 0.29) is 5.57 Å². The van der Waals surface area contributed by atoms with Gasteiger partial charge in [0.05, 0.1) is 5.69 Å². The summed E-state index contributed by atoms with van der Waals surface area (Å²) in [6.45, 7) is 0. The van der Waals surface area contributed by atoms with Crippen molar-refractivity contribution in [2.45, 2.75) is 0 Å². The summed E-state index contributed by atoms with van der Waals surface area (Å²) < 4.78 is 1.91. The van der Waals surface area contributed by atoms with Crippen molar-refractivity contribution in [1.29, 1.82) is 0 Å². The van der Waals surface area contributed by atoms with Gasteiger partial charge in [0.15, 0.2) is 0 Å². The van der Waals surface area contributed by atoms with Crippen LogP contribution < -0.4 is 10.2 Å². The van der Waals surface area contributed by atoms with E-state index >= 15 is 0 Å². The molecule has 1 aliphatic heterocycles. The monoisotopic (exact) mass is 379 g/mol. The lowest BCUT2D eigenvalue weighted by Gasteiger charge is -2.26. The number of urea groups is 1. The average Bonchev–Trinajstić information content (AvgIpc) is 2.96. The van der Waals surface area contributed by atoms with Crippen LogP contribution in [0.3, 0.4) is 0 Å². The van der Waals surface area contributed by atoms with Crippen LogP contribution in [0.4, 0.5) is 10.5 Å². The van der Waals surface area contributed by atoms with Gasteiger partial charge in [0.2, 0.25) is 0 Å². The maximum Gasteiger partial charge on any atom is 0.335 e. The Labute approximate surface area is 159 Å². The van der Waals surface area contributed by atoms with Crippen molar-refractivity contribution in [3.8, 4) is 0 Å². The van der Waals surface area contributed by atoms with Crippen molar-refractivity contribution in [3.63, 3.8) is 0 Å². The zero-order valence-corrected chi connectivity index (χ0v) is 15.0. The predicted octanol–water partition coefficient (Wildman–Crippen LogP) is 3.50. The minimum Gasteiger partial charge on any atom is -0.350 e. The molecule has 1 aromatic heterocycles. The number of amides is 4. The average molecular weight is 380 g/mol. The molecule has 4 rings (SSSR count). The predicted molar refractivity (Wildman–Crippen MR) is 103 cm³/mol. The number of anilines is 1. The summed E-state index contributed by atoms with van der Waals surface area (Å²) in [7, 11) is 1.89. The molecule has 0 aliphatic carbocycles. The third kappa shape index (κ3) is 2.90. The van der Waals surface area contributed by atoms with E-state index < -0.39 is 17.8 Å². The van der Waals surface area contributed by atoms with Gasteiger partial charge in [0, 0.05) is 34.7 Å². The van der Waals surface area contributed by atoms with Gasteiger partial charge in [-0.05, 0) is 36.4 Å². The fraction of sp³-hybridized carbons (Fsp3) is 0.0500. The fourth-order valence-corrected chi connectivity index (χ4v) is 3.25. The van der Waals surface area contributed by atoms with Crippen LogP contribution in [0.2, 0.25) is 5.02 Å². The van der Waals surface area contributed by atoms with Gasteiger partial charge in [-0.3, -0.25) is 14.9 Å². The number of hydrogen-bond acceptors (Lipinski definition) is 3. The molecular weight excluding hydrogens is 366 g/mol. The van der Waals surface area contributed by atoms with Crippen LogP contribution in [0, 0.1) is 0 Å².